The van der Waals surface area contributed by atoms with E-state index in [-0.39, 0.29) is 11.5 Å². The zero-order valence-electron chi connectivity index (χ0n) is 14.2. The van der Waals surface area contributed by atoms with Gasteiger partial charge in [-0.2, -0.15) is 11.3 Å². The first-order valence-electron chi connectivity index (χ1n) is 7.71. The highest BCUT2D eigenvalue weighted by molar-refractivity contribution is 7.08. The summed E-state index contributed by atoms with van der Waals surface area (Å²) in [6, 6.07) is 4.04. The molecule has 1 aliphatic heterocycles. The van der Waals surface area contributed by atoms with Gasteiger partial charge in [0.1, 0.15) is 5.60 Å². The van der Waals surface area contributed by atoms with Crippen LogP contribution in [0, 0.1) is 0 Å². The molecule has 4 nitrogen and oxygen atoms in total. The average Bonchev–Trinajstić information content (AvgIpc) is 3.03. The Balaban J connectivity index is 2.01. The smallest absolute Gasteiger partial charge is 0.414 e. The number of rotatable bonds is 1. The van der Waals surface area contributed by atoms with Gasteiger partial charge in [0, 0.05) is 34.7 Å². The SMILES string of the molecule is CC(C)(C)OC(=O)N1CC(C)(C)c2cnc(-c3ccsc3)cc21. The van der Waals surface area contributed by atoms with Crippen LogP contribution in [0.25, 0.3) is 11.3 Å². The summed E-state index contributed by atoms with van der Waals surface area (Å²) in [4.78, 5) is 18.9. The Bertz CT molecular complexity index is 730. The molecular weight excluding hydrogens is 308 g/mol. The second kappa shape index (κ2) is 5.34. The summed E-state index contributed by atoms with van der Waals surface area (Å²) in [5.74, 6) is 0. The van der Waals surface area contributed by atoms with Crippen molar-refractivity contribution in [3.8, 4) is 11.3 Å². The van der Waals surface area contributed by atoms with Crippen LogP contribution >= 0.6 is 11.3 Å². The standard InChI is InChI=1S/C18H22N2O2S/c1-17(2,3)22-16(21)20-11-18(4,5)13-9-19-14(8-15(13)20)12-6-7-23-10-12/h6-10H,11H2,1-5H3. The quantitative estimate of drug-likeness (QED) is 0.751. The number of thiophene rings is 1. The maximum Gasteiger partial charge on any atom is 0.414 e. The van der Waals surface area contributed by atoms with Crippen molar-refractivity contribution >= 4 is 23.1 Å². The molecule has 0 aliphatic carbocycles. The van der Waals surface area contributed by atoms with Crippen LogP contribution in [0.1, 0.15) is 40.2 Å². The lowest BCUT2D eigenvalue weighted by molar-refractivity contribution is 0.0579. The third kappa shape index (κ3) is 3.11. The third-order valence-corrected chi connectivity index (χ3v) is 4.57. The van der Waals surface area contributed by atoms with E-state index in [2.05, 4.69) is 24.2 Å². The number of nitrogens with zero attached hydrogens (tertiary/aromatic N) is 2. The molecule has 0 bridgehead atoms. The van der Waals surface area contributed by atoms with E-state index in [1.165, 1.54) is 0 Å². The van der Waals surface area contributed by atoms with E-state index in [1.54, 1.807) is 16.2 Å². The maximum atomic E-state index is 12.6. The molecule has 122 valence electrons. The van der Waals surface area contributed by atoms with Gasteiger partial charge in [-0.15, -0.1) is 0 Å². The average molecular weight is 330 g/mol. The predicted octanol–water partition coefficient (Wildman–Crippen LogP) is 4.84. The minimum absolute atomic E-state index is 0.133. The Kier molecular flexibility index (Phi) is 3.71. The zero-order valence-corrected chi connectivity index (χ0v) is 15.0. The van der Waals surface area contributed by atoms with E-state index in [0.717, 1.165) is 22.5 Å². The second-order valence-electron chi connectivity index (χ2n) is 7.55. The number of carbonyl (C=O) groups is 1. The van der Waals surface area contributed by atoms with E-state index in [9.17, 15) is 4.79 Å². The first kappa shape index (κ1) is 16.0. The molecule has 3 rings (SSSR count). The van der Waals surface area contributed by atoms with Crippen molar-refractivity contribution in [3.05, 3.63) is 34.7 Å². The predicted molar refractivity (Wildman–Crippen MR) is 94.2 cm³/mol. The van der Waals surface area contributed by atoms with Crippen molar-refractivity contribution in [1.29, 1.82) is 0 Å². The molecule has 23 heavy (non-hydrogen) atoms. The molecule has 0 unspecified atom stereocenters. The van der Waals surface area contributed by atoms with Crippen LogP contribution in [-0.2, 0) is 10.2 Å². The molecule has 5 heteroatoms. The summed E-state index contributed by atoms with van der Waals surface area (Å²) < 4.78 is 5.57. The lowest BCUT2D eigenvalue weighted by Gasteiger charge is -2.26. The topological polar surface area (TPSA) is 42.4 Å². The minimum atomic E-state index is -0.507. The van der Waals surface area contributed by atoms with Gasteiger partial charge < -0.3 is 4.74 Å². The normalized spacial score (nSPS) is 16.3. The fourth-order valence-electron chi connectivity index (χ4n) is 2.80. The number of amides is 1. The maximum absolute atomic E-state index is 12.6. The number of anilines is 1. The zero-order chi connectivity index (χ0) is 16.8. The second-order valence-corrected chi connectivity index (χ2v) is 8.33. The minimum Gasteiger partial charge on any atom is -0.443 e. The number of hydrogen-bond donors (Lipinski definition) is 0. The molecule has 0 radical (unpaired) electrons. The first-order valence-corrected chi connectivity index (χ1v) is 8.65. The van der Waals surface area contributed by atoms with Gasteiger partial charge in [0.2, 0.25) is 0 Å². The molecule has 0 saturated heterocycles. The molecule has 2 aromatic rings. The van der Waals surface area contributed by atoms with Crippen LogP contribution in [0.5, 0.6) is 0 Å². The monoisotopic (exact) mass is 330 g/mol. The van der Waals surface area contributed by atoms with Gasteiger partial charge in [0.15, 0.2) is 0 Å². The third-order valence-electron chi connectivity index (χ3n) is 3.89. The molecule has 0 spiro atoms. The summed E-state index contributed by atoms with van der Waals surface area (Å²) >= 11 is 1.64. The molecule has 0 saturated carbocycles. The van der Waals surface area contributed by atoms with Crippen molar-refractivity contribution < 1.29 is 9.53 Å². The number of ether oxygens (including phenoxy) is 1. The van der Waals surface area contributed by atoms with Crippen molar-refractivity contribution in [2.75, 3.05) is 11.4 Å². The lowest BCUT2D eigenvalue weighted by atomic mass is 9.88. The van der Waals surface area contributed by atoms with Gasteiger partial charge in [-0.3, -0.25) is 9.88 Å². The highest BCUT2D eigenvalue weighted by Gasteiger charge is 2.40. The Morgan fingerprint density at radius 3 is 2.74 bits per heavy atom. The first-order chi connectivity index (χ1) is 10.7. The largest absolute Gasteiger partial charge is 0.443 e. The molecule has 0 N–H and O–H groups in total. The molecule has 2 aromatic heterocycles. The summed E-state index contributed by atoms with van der Waals surface area (Å²) in [6.07, 6.45) is 1.60. The van der Waals surface area contributed by atoms with Gasteiger partial charge in [-0.1, -0.05) is 13.8 Å². The summed E-state index contributed by atoms with van der Waals surface area (Å²) in [5.41, 5.74) is 3.31. The molecule has 0 fully saturated rings. The Labute approximate surface area is 141 Å². The van der Waals surface area contributed by atoms with Crippen LogP contribution in [0.4, 0.5) is 10.5 Å². The van der Waals surface area contributed by atoms with Crippen LogP contribution in [0.3, 0.4) is 0 Å². The Morgan fingerprint density at radius 1 is 1.39 bits per heavy atom. The van der Waals surface area contributed by atoms with Crippen molar-refractivity contribution in [2.45, 2.75) is 45.6 Å². The fraction of sp³-hybridized carbons (Fsp3) is 0.444. The number of carbonyl (C=O) groups excluding carboxylic acids is 1. The van der Waals surface area contributed by atoms with E-state index < -0.39 is 5.60 Å². The molecule has 0 aromatic carbocycles. The van der Waals surface area contributed by atoms with Crippen LogP contribution in [-0.4, -0.2) is 23.2 Å². The number of hydrogen-bond acceptors (Lipinski definition) is 4. The van der Waals surface area contributed by atoms with Gasteiger partial charge in [0.25, 0.3) is 0 Å². The summed E-state index contributed by atoms with van der Waals surface area (Å²) in [5, 5.41) is 4.09. The van der Waals surface area contributed by atoms with Crippen molar-refractivity contribution in [2.24, 2.45) is 0 Å². The lowest BCUT2D eigenvalue weighted by Crippen LogP contribution is -2.38. The molecule has 0 atom stereocenters. The molecule has 1 amide bonds. The van der Waals surface area contributed by atoms with E-state index >= 15 is 0 Å². The Hall–Kier alpha value is -1.88. The van der Waals surface area contributed by atoms with Crippen LogP contribution < -0.4 is 4.90 Å². The highest BCUT2D eigenvalue weighted by atomic mass is 32.1. The number of fused-ring (bicyclic) bond motifs is 1. The van der Waals surface area contributed by atoms with Crippen molar-refractivity contribution in [1.82, 2.24) is 4.98 Å². The molecular formula is C18H22N2O2S. The van der Waals surface area contributed by atoms with Crippen molar-refractivity contribution in [3.63, 3.8) is 0 Å². The van der Waals surface area contributed by atoms with E-state index in [4.69, 9.17) is 4.74 Å². The van der Waals surface area contributed by atoms with Gasteiger partial charge in [-0.25, -0.2) is 4.79 Å². The Morgan fingerprint density at radius 2 is 2.13 bits per heavy atom. The van der Waals surface area contributed by atoms with Crippen LogP contribution in [0.2, 0.25) is 0 Å². The fourth-order valence-corrected chi connectivity index (χ4v) is 3.45. The van der Waals surface area contributed by atoms with E-state index in [1.807, 2.05) is 44.5 Å². The van der Waals surface area contributed by atoms with Gasteiger partial charge in [0.05, 0.1) is 11.4 Å². The molecule has 1 aliphatic rings. The highest BCUT2D eigenvalue weighted by Crippen LogP contribution is 2.42. The number of aromatic nitrogens is 1. The van der Waals surface area contributed by atoms with Gasteiger partial charge in [-0.05, 0) is 38.3 Å². The number of pyridine rings is 1. The van der Waals surface area contributed by atoms with E-state index in [0.29, 0.717) is 6.54 Å². The van der Waals surface area contributed by atoms with Crippen LogP contribution in [0.15, 0.2) is 29.1 Å². The van der Waals surface area contributed by atoms with Gasteiger partial charge >= 0.3 is 6.09 Å². The molecule has 3 heterocycles. The summed E-state index contributed by atoms with van der Waals surface area (Å²) in [7, 11) is 0. The summed E-state index contributed by atoms with van der Waals surface area (Å²) in [6.45, 7) is 10.5.